The first-order valence-electron chi connectivity index (χ1n) is 6.99. The average Bonchev–Trinajstić information content (AvgIpc) is 3.26. The molecule has 0 spiro atoms. The van der Waals surface area contributed by atoms with Crippen molar-refractivity contribution in [2.75, 3.05) is 5.75 Å². The van der Waals surface area contributed by atoms with Crippen LogP contribution >= 0.6 is 23.4 Å². The van der Waals surface area contributed by atoms with Gasteiger partial charge >= 0.3 is 5.97 Å². The standard InChI is InChI=1S/C15H18ClNO2S/c16-11-2-1-3-13(8-11)20-9-15(14(18)19,10-4-5-10)17-12-6-7-12/h1-3,8,10,12,17H,4-7,9H2,(H,18,19). The maximum absolute atomic E-state index is 11.9. The molecule has 0 bridgehead atoms. The summed E-state index contributed by atoms with van der Waals surface area (Å²) in [5.74, 6) is 0.123. The minimum Gasteiger partial charge on any atom is -0.480 e. The largest absolute Gasteiger partial charge is 0.480 e. The van der Waals surface area contributed by atoms with E-state index in [1.54, 1.807) is 11.8 Å². The first-order chi connectivity index (χ1) is 9.60. The molecule has 2 N–H and O–H groups in total. The van der Waals surface area contributed by atoms with Gasteiger partial charge in [-0.05, 0) is 49.8 Å². The number of halogens is 1. The number of benzene rings is 1. The highest BCUT2D eigenvalue weighted by Crippen LogP contribution is 2.44. The summed E-state index contributed by atoms with van der Waals surface area (Å²) in [6.07, 6.45) is 4.23. The van der Waals surface area contributed by atoms with Gasteiger partial charge in [-0.25, -0.2) is 0 Å². The minimum absolute atomic E-state index is 0.271. The lowest BCUT2D eigenvalue weighted by atomic mass is 9.95. The van der Waals surface area contributed by atoms with Gasteiger partial charge in [-0.2, -0.15) is 0 Å². The van der Waals surface area contributed by atoms with E-state index in [4.69, 9.17) is 11.6 Å². The topological polar surface area (TPSA) is 49.3 Å². The number of aliphatic carboxylic acids is 1. The third-order valence-corrected chi connectivity index (χ3v) is 5.38. The SMILES string of the molecule is O=C(O)C(CSc1cccc(Cl)c1)(NC1CC1)C1CC1. The molecule has 0 radical (unpaired) electrons. The summed E-state index contributed by atoms with van der Waals surface area (Å²) in [5.41, 5.74) is -0.770. The minimum atomic E-state index is -0.770. The van der Waals surface area contributed by atoms with E-state index in [1.165, 1.54) is 0 Å². The van der Waals surface area contributed by atoms with Crippen LogP contribution in [0.25, 0.3) is 0 Å². The van der Waals surface area contributed by atoms with Crippen molar-refractivity contribution in [1.29, 1.82) is 0 Å². The zero-order valence-electron chi connectivity index (χ0n) is 11.1. The number of hydrogen-bond acceptors (Lipinski definition) is 3. The molecule has 1 aromatic rings. The third kappa shape index (κ3) is 3.13. The molecule has 3 nitrogen and oxygen atoms in total. The average molecular weight is 312 g/mol. The summed E-state index contributed by atoms with van der Waals surface area (Å²) < 4.78 is 0. The Balaban J connectivity index is 1.73. The monoisotopic (exact) mass is 311 g/mol. The number of carboxylic acids is 1. The van der Waals surface area contributed by atoms with E-state index in [9.17, 15) is 9.90 Å². The molecule has 108 valence electrons. The zero-order valence-corrected chi connectivity index (χ0v) is 12.7. The first-order valence-corrected chi connectivity index (χ1v) is 8.36. The van der Waals surface area contributed by atoms with Gasteiger partial charge in [-0.15, -0.1) is 11.8 Å². The van der Waals surface area contributed by atoms with Crippen molar-refractivity contribution in [3.63, 3.8) is 0 Å². The van der Waals surface area contributed by atoms with Gasteiger partial charge in [0, 0.05) is 21.7 Å². The van der Waals surface area contributed by atoms with Crippen molar-refractivity contribution >= 4 is 29.3 Å². The Hall–Kier alpha value is -0.710. The van der Waals surface area contributed by atoms with Crippen molar-refractivity contribution in [2.24, 2.45) is 5.92 Å². The van der Waals surface area contributed by atoms with Gasteiger partial charge in [0.15, 0.2) is 0 Å². The van der Waals surface area contributed by atoms with Crippen LogP contribution in [-0.2, 0) is 4.79 Å². The van der Waals surface area contributed by atoms with E-state index in [-0.39, 0.29) is 5.92 Å². The second-order valence-corrected chi connectivity index (χ2v) is 7.20. The maximum Gasteiger partial charge on any atom is 0.325 e. The summed E-state index contributed by atoms with van der Waals surface area (Å²) in [7, 11) is 0. The Morgan fingerprint density at radius 1 is 1.40 bits per heavy atom. The fourth-order valence-electron chi connectivity index (χ4n) is 2.50. The number of rotatable bonds is 7. The lowest BCUT2D eigenvalue weighted by Crippen LogP contribution is -2.57. The third-order valence-electron chi connectivity index (χ3n) is 3.96. The van der Waals surface area contributed by atoms with Gasteiger partial charge in [0.25, 0.3) is 0 Å². The second-order valence-electron chi connectivity index (χ2n) is 5.72. The van der Waals surface area contributed by atoms with Crippen molar-refractivity contribution in [1.82, 2.24) is 5.32 Å². The molecule has 2 saturated carbocycles. The van der Waals surface area contributed by atoms with E-state index in [1.807, 2.05) is 24.3 Å². The fourth-order valence-corrected chi connectivity index (χ4v) is 3.97. The molecule has 0 amide bonds. The van der Waals surface area contributed by atoms with Crippen LogP contribution in [0.1, 0.15) is 25.7 Å². The smallest absolute Gasteiger partial charge is 0.325 e. The molecule has 0 aliphatic heterocycles. The van der Waals surface area contributed by atoms with Crippen LogP contribution in [0.3, 0.4) is 0 Å². The molecule has 2 aliphatic carbocycles. The number of nitrogens with one attached hydrogen (secondary N) is 1. The molecule has 1 aromatic carbocycles. The molecule has 1 unspecified atom stereocenters. The first kappa shape index (κ1) is 14.2. The molecule has 0 saturated heterocycles. The van der Waals surface area contributed by atoms with Gasteiger partial charge in [0.1, 0.15) is 5.54 Å². The molecule has 1 atom stereocenters. The molecule has 0 aromatic heterocycles. The quantitative estimate of drug-likeness (QED) is 0.758. The van der Waals surface area contributed by atoms with Crippen LogP contribution in [0.5, 0.6) is 0 Å². The van der Waals surface area contributed by atoms with Gasteiger partial charge < -0.3 is 5.11 Å². The predicted molar refractivity (Wildman–Crippen MR) is 81.4 cm³/mol. The number of hydrogen-bond donors (Lipinski definition) is 2. The lowest BCUT2D eigenvalue weighted by molar-refractivity contribution is -0.145. The Morgan fingerprint density at radius 3 is 2.70 bits per heavy atom. The molecular formula is C15H18ClNO2S. The number of carbonyl (C=O) groups is 1. The summed E-state index contributed by atoms with van der Waals surface area (Å²) in [4.78, 5) is 12.9. The van der Waals surface area contributed by atoms with E-state index < -0.39 is 11.5 Å². The van der Waals surface area contributed by atoms with E-state index in [0.29, 0.717) is 16.8 Å². The van der Waals surface area contributed by atoms with E-state index in [0.717, 1.165) is 30.6 Å². The summed E-state index contributed by atoms with van der Waals surface area (Å²) >= 11 is 7.56. The van der Waals surface area contributed by atoms with Crippen LogP contribution in [-0.4, -0.2) is 28.4 Å². The van der Waals surface area contributed by atoms with Crippen molar-refractivity contribution < 1.29 is 9.90 Å². The highest BCUT2D eigenvalue weighted by molar-refractivity contribution is 7.99. The Labute approximate surface area is 128 Å². The van der Waals surface area contributed by atoms with Gasteiger partial charge in [-0.1, -0.05) is 17.7 Å². The molecule has 5 heteroatoms. The normalized spacial score (nSPS) is 21.4. The number of thioether (sulfide) groups is 1. The van der Waals surface area contributed by atoms with Crippen LogP contribution in [0.4, 0.5) is 0 Å². The maximum atomic E-state index is 11.9. The Bertz CT molecular complexity index is 516. The summed E-state index contributed by atoms with van der Waals surface area (Å²) in [5, 5.41) is 13.8. The van der Waals surface area contributed by atoms with Gasteiger partial charge in [-0.3, -0.25) is 10.1 Å². The van der Waals surface area contributed by atoms with Crippen molar-refractivity contribution in [3.8, 4) is 0 Å². The Kier molecular flexibility index (Phi) is 3.98. The van der Waals surface area contributed by atoms with E-state index in [2.05, 4.69) is 5.32 Å². The molecule has 2 aliphatic rings. The van der Waals surface area contributed by atoms with Crippen LogP contribution in [0.15, 0.2) is 29.2 Å². The van der Waals surface area contributed by atoms with Crippen LogP contribution in [0.2, 0.25) is 5.02 Å². The lowest BCUT2D eigenvalue weighted by Gasteiger charge is -2.30. The molecule has 0 heterocycles. The number of carboxylic acid groups (broad SMARTS) is 1. The summed E-state index contributed by atoms with van der Waals surface area (Å²) in [6, 6.07) is 8.00. The molecule has 2 fully saturated rings. The molecule has 20 heavy (non-hydrogen) atoms. The molecular weight excluding hydrogens is 294 g/mol. The highest BCUT2D eigenvalue weighted by atomic mass is 35.5. The van der Waals surface area contributed by atoms with Crippen molar-refractivity contribution in [3.05, 3.63) is 29.3 Å². The summed E-state index contributed by atoms with van der Waals surface area (Å²) in [6.45, 7) is 0. The van der Waals surface area contributed by atoms with Gasteiger partial charge in [0.05, 0.1) is 0 Å². The van der Waals surface area contributed by atoms with Crippen LogP contribution < -0.4 is 5.32 Å². The van der Waals surface area contributed by atoms with Crippen LogP contribution in [0, 0.1) is 5.92 Å². The highest BCUT2D eigenvalue weighted by Gasteiger charge is 2.53. The molecule has 3 rings (SSSR count). The second kappa shape index (κ2) is 5.58. The fraction of sp³-hybridized carbons (Fsp3) is 0.533. The van der Waals surface area contributed by atoms with Crippen molar-refractivity contribution in [2.45, 2.75) is 42.2 Å². The zero-order chi connectivity index (χ0) is 14.2. The van der Waals surface area contributed by atoms with E-state index >= 15 is 0 Å². The van der Waals surface area contributed by atoms with Gasteiger partial charge in [0.2, 0.25) is 0 Å². The Morgan fingerprint density at radius 2 is 2.15 bits per heavy atom. The predicted octanol–water partition coefficient (Wildman–Crippen LogP) is 3.42.